The smallest absolute Gasteiger partial charge is 0.414 e. The van der Waals surface area contributed by atoms with Gasteiger partial charge in [0.15, 0.2) is 17.0 Å². The van der Waals surface area contributed by atoms with Crippen molar-refractivity contribution >= 4 is 17.0 Å². The van der Waals surface area contributed by atoms with Crippen LogP contribution in [0.3, 0.4) is 0 Å². The number of fused-ring (bicyclic) bond motifs is 1. The Morgan fingerprint density at radius 2 is 1.69 bits per heavy atom. The van der Waals surface area contributed by atoms with Crippen LogP contribution in [0.25, 0.3) is 39.3 Å². The van der Waals surface area contributed by atoms with Crippen LogP contribution in [0, 0.1) is 0 Å². The highest BCUT2D eigenvalue weighted by Crippen LogP contribution is 2.33. The molecule has 4 aromatic heterocycles. The Kier molecular flexibility index (Phi) is 3.95. The van der Waals surface area contributed by atoms with E-state index in [0.29, 0.717) is 5.56 Å². The molecule has 29 heavy (non-hydrogen) atoms. The highest BCUT2D eigenvalue weighted by Gasteiger charge is 2.35. The minimum atomic E-state index is -4.62. The van der Waals surface area contributed by atoms with Crippen molar-refractivity contribution in [2.24, 2.45) is 0 Å². The van der Waals surface area contributed by atoms with Gasteiger partial charge in [-0.25, -0.2) is 9.50 Å². The average molecular weight is 413 g/mol. The van der Waals surface area contributed by atoms with Crippen molar-refractivity contribution < 1.29 is 17.6 Å². The van der Waals surface area contributed by atoms with E-state index in [0.717, 1.165) is 15.5 Å². The Hall–Kier alpha value is -3.53. The van der Waals surface area contributed by atoms with Crippen LogP contribution >= 0.6 is 11.3 Å². The summed E-state index contributed by atoms with van der Waals surface area (Å²) >= 11 is 1.41. The van der Waals surface area contributed by atoms with Gasteiger partial charge in [0.05, 0.1) is 10.6 Å². The second-order valence-electron chi connectivity index (χ2n) is 6.08. The third-order valence-corrected chi connectivity index (χ3v) is 5.02. The molecule has 0 N–H and O–H groups in total. The number of hydrogen-bond donors (Lipinski definition) is 0. The molecule has 0 atom stereocenters. The van der Waals surface area contributed by atoms with Crippen molar-refractivity contribution in [3.05, 3.63) is 65.7 Å². The molecule has 4 heterocycles. The first-order chi connectivity index (χ1) is 14.0. The number of benzene rings is 1. The van der Waals surface area contributed by atoms with E-state index in [4.69, 9.17) is 4.42 Å². The van der Waals surface area contributed by atoms with E-state index in [1.807, 2.05) is 11.4 Å². The Morgan fingerprint density at radius 3 is 2.41 bits per heavy atom. The number of rotatable bonds is 3. The van der Waals surface area contributed by atoms with Crippen molar-refractivity contribution in [2.45, 2.75) is 6.18 Å². The molecule has 10 heteroatoms. The van der Waals surface area contributed by atoms with E-state index in [1.165, 1.54) is 17.4 Å². The first kappa shape index (κ1) is 17.6. The topological polar surface area (TPSA) is 69.1 Å². The van der Waals surface area contributed by atoms with Gasteiger partial charge in [-0.3, -0.25) is 0 Å². The molecule has 5 rings (SSSR count). The lowest BCUT2D eigenvalue weighted by Gasteiger charge is -2.10. The zero-order chi connectivity index (χ0) is 20.0. The highest BCUT2D eigenvalue weighted by molar-refractivity contribution is 7.13. The first-order valence-electron chi connectivity index (χ1n) is 8.40. The fraction of sp³-hybridized carbons (Fsp3) is 0.0526. The van der Waals surface area contributed by atoms with Gasteiger partial charge in [-0.1, -0.05) is 36.4 Å². The fourth-order valence-corrected chi connectivity index (χ4v) is 3.51. The molecule has 0 radical (unpaired) electrons. The second kappa shape index (κ2) is 6.52. The van der Waals surface area contributed by atoms with Crippen molar-refractivity contribution in [3.63, 3.8) is 0 Å². The van der Waals surface area contributed by atoms with Gasteiger partial charge in [-0.05, 0) is 17.5 Å². The molecule has 6 nitrogen and oxygen atoms in total. The molecule has 0 spiro atoms. The molecule has 0 aliphatic rings. The van der Waals surface area contributed by atoms with E-state index in [-0.39, 0.29) is 28.8 Å². The van der Waals surface area contributed by atoms with Gasteiger partial charge in [0.1, 0.15) is 0 Å². The third kappa shape index (κ3) is 3.17. The molecule has 1 aromatic carbocycles. The maximum atomic E-state index is 13.7. The van der Waals surface area contributed by atoms with Crippen molar-refractivity contribution in [1.29, 1.82) is 0 Å². The molecule has 144 valence electrons. The number of nitrogens with zero attached hydrogens (tertiary/aromatic N) is 5. The number of aromatic nitrogens is 5. The van der Waals surface area contributed by atoms with Crippen LogP contribution in [0.15, 0.2) is 64.4 Å². The van der Waals surface area contributed by atoms with E-state index >= 15 is 0 Å². The lowest BCUT2D eigenvalue weighted by Crippen LogP contribution is -2.13. The van der Waals surface area contributed by atoms with Crippen LogP contribution in [0.5, 0.6) is 0 Å². The van der Waals surface area contributed by atoms with Crippen molar-refractivity contribution in [2.75, 3.05) is 0 Å². The lowest BCUT2D eigenvalue weighted by atomic mass is 10.1. The fourth-order valence-electron chi connectivity index (χ4n) is 2.86. The quantitative estimate of drug-likeness (QED) is 0.407. The molecule has 0 amide bonds. The molecule has 0 saturated heterocycles. The third-order valence-electron chi connectivity index (χ3n) is 4.16. The van der Waals surface area contributed by atoms with Crippen LogP contribution in [0.1, 0.15) is 5.69 Å². The molecule has 5 aromatic rings. The predicted molar refractivity (Wildman–Crippen MR) is 100 cm³/mol. The van der Waals surface area contributed by atoms with Gasteiger partial charge in [-0.15, -0.1) is 21.5 Å². The molecule has 0 unspecified atom stereocenters. The number of hydrogen-bond acceptors (Lipinski definition) is 6. The SMILES string of the molecule is FC(F)(F)c1cc(-c2ccccc2)nc2cc(-c3nnc(-c4cccs4)o3)nn12. The normalized spacial score (nSPS) is 12.0. The van der Waals surface area contributed by atoms with E-state index in [2.05, 4.69) is 20.3 Å². The Morgan fingerprint density at radius 1 is 0.897 bits per heavy atom. The van der Waals surface area contributed by atoms with Crippen LogP contribution in [0.4, 0.5) is 13.2 Å². The first-order valence-corrected chi connectivity index (χ1v) is 9.28. The van der Waals surface area contributed by atoms with Crippen molar-refractivity contribution in [3.8, 4) is 33.6 Å². The van der Waals surface area contributed by atoms with Crippen LogP contribution < -0.4 is 0 Å². The molecule has 0 aliphatic carbocycles. The monoisotopic (exact) mass is 413 g/mol. The molecular weight excluding hydrogens is 403 g/mol. The standard InChI is InChI=1S/C19H10F3N5OS/c20-19(21,22)15-9-12(11-5-2-1-3-6-11)23-16-10-13(26-27(15)16)17-24-25-18(28-17)14-7-4-8-29-14/h1-10H. The summed E-state index contributed by atoms with van der Waals surface area (Å²) in [5, 5.41) is 13.7. The summed E-state index contributed by atoms with van der Waals surface area (Å²) in [6.45, 7) is 0. The molecule has 0 aliphatic heterocycles. The summed E-state index contributed by atoms with van der Waals surface area (Å²) in [7, 11) is 0. The number of halogens is 3. The molecule has 0 bridgehead atoms. The Labute approximate surface area is 165 Å². The molecule has 0 saturated carbocycles. The van der Waals surface area contributed by atoms with Gasteiger partial charge in [0, 0.05) is 11.6 Å². The summed E-state index contributed by atoms with van der Waals surface area (Å²) < 4.78 is 47.4. The van der Waals surface area contributed by atoms with Gasteiger partial charge in [0.25, 0.3) is 11.8 Å². The summed E-state index contributed by atoms with van der Waals surface area (Å²) in [5.74, 6) is 0.300. The second-order valence-corrected chi connectivity index (χ2v) is 7.03. The van der Waals surface area contributed by atoms with Crippen LogP contribution in [-0.2, 0) is 6.18 Å². The average Bonchev–Trinajstić information content (AvgIpc) is 3.46. The number of alkyl halides is 3. The minimum Gasteiger partial charge on any atom is -0.414 e. The Bertz CT molecular complexity index is 1290. The summed E-state index contributed by atoms with van der Waals surface area (Å²) in [5.41, 5.74) is -0.0265. The van der Waals surface area contributed by atoms with Gasteiger partial charge >= 0.3 is 6.18 Å². The van der Waals surface area contributed by atoms with E-state index < -0.39 is 11.9 Å². The van der Waals surface area contributed by atoms with E-state index in [9.17, 15) is 13.2 Å². The molecular formula is C19H10F3N5OS. The summed E-state index contributed by atoms with van der Waals surface area (Å²) in [6.07, 6.45) is -4.62. The van der Waals surface area contributed by atoms with Gasteiger partial charge in [0.2, 0.25) is 0 Å². The van der Waals surface area contributed by atoms with E-state index in [1.54, 1.807) is 36.4 Å². The van der Waals surface area contributed by atoms with Crippen molar-refractivity contribution in [1.82, 2.24) is 24.8 Å². The zero-order valence-electron chi connectivity index (χ0n) is 14.5. The zero-order valence-corrected chi connectivity index (χ0v) is 15.3. The maximum absolute atomic E-state index is 13.7. The Balaban J connectivity index is 1.66. The van der Waals surface area contributed by atoms with Crippen LogP contribution in [-0.4, -0.2) is 24.8 Å². The van der Waals surface area contributed by atoms with Gasteiger partial charge < -0.3 is 4.42 Å². The summed E-state index contributed by atoms with van der Waals surface area (Å²) in [4.78, 5) is 5.09. The molecule has 0 fully saturated rings. The highest BCUT2D eigenvalue weighted by atomic mass is 32.1. The van der Waals surface area contributed by atoms with Gasteiger partial charge in [-0.2, -0.15) is 18.3 Å². The van der Waals surface area contributed by atoms with Crippen LogP contribution in [0.2, 0.25) is 0 Å². The summed E-state index contributed by atoms with van der Waals surface area (Å²) in [6, 6.07) is 14.7. The number of thiophene rings is 1. The minimum absolute atomic E-state index is 0.0216. The maximum Gasteiger partial charge on any atom is 0.433 e. The lowest BCUT2D eigenvalue weighted by molar-refractivity contribution is -0.142. The largest absolute Gasteiger partial charge is 0.433 e. The predicted octanol–water partition coefficient (Wildman–Crippen LogP) is 5.19.